The van der Waals surface area contributed by atoms with E-state index in [4.69, 9.17) is 4.74 Å². The smallest absolute Gasteiger partial charge is 0.264 e. The van der Waals surface area contributed by atoms with E-state index in [0.717, 1.165) is 26.7 Å². The highest BCUT2D eigenvalue weighted by atomic mass is 32.1. The third-order valence-electron chi connectivity index (χ3n) is 4.28. The lowest BCUT2D eigenvalue weighted by atomic mass is 10.1. The molecular weight excluding hydrogens is 382 g/mol. The number of thiophene rings is 1. The lowest BCUT2D eigenvalue weighted by molar-refractivity contribution is -0.121. The van der Waals surface area contributed by atoms with Gasteiger partial charge in [-0.25, -0.2) is 4.98 Å². The molecule has 0 aliphatic carbocycles. The topological polar surface area (TPSA) is 71.5 Å². The van der Waals surface area contributed by atoms with E-state index in [1.807, 2.05) is 42.6 Å². The van der Waals surface area contributed by atoms with Crippen LogP contribution in [0.1, 0.15) is 9.75 Å². The van der Waals surface area contributed by atoms with Crippen LogP contribution in [0.4, 0.5) is 10.8 Å². The van der Waals surface area contributed by atoms with Crippen molar-refractivity contribution in [2.75, 3.05) is 23.9 Å². The molecule has 1 aromatic carbocycles. The van der Waals surface area contributed by atoms with Crippen molar-refractivity contribution < 1.29 is 14.3 Å². The zero-order chi connectivity index (χ0) is 19.0. The Balaban J connectivity index is 1.57. The van der Waals surface area contributed by atoms with E-state index in [2.05, 4.69) is 10.3 Å². The summed E-state index contributed by atoms with van der Waals surface area (Å²) in [6.07, 6.45) is 0.342. The summed E-state index contributed by atoms with van der Waals surface area (Å²) in [6, 6.07) is 9.53. The summed E-state index contributed by atoms with van der Waals surface area (Å²) in [4.78, 5) is 32.3. The van der Waals surface area contributed by atoms with Gasteiger partial charge >= 0.3 is 0 Å². The SMILES string of the molecule is Cc1sc(NC(=O)Cc2cccs2)nc1-c1ccc2c(c1)N(C)C(=O)CO2. The van der Waals surface area contributed by atoms with Gasteiger partial charge in [0.2, 0.25) is 5.91 Å². The van der Waals surface area contributed by atoms with Gasteiger partial charge in [0.1, 0.15) is 5.75 Å². The molecule has 8 heteroatoms. The Kier molecular flexibility index (Phi) is 4.67. The van der Waals surface area contributed by atoms with Crippen LogP contribution in [0.3, 0.4) is 0 Å². The normalized spacial score (nSPS) is 13.3. The summed E-state index contributed by atoms with van der Waals surface area (Å²) in [6.45, 7) is 2.02. The van der Waals surface area contributed by atoms with Crippen molar-refractivity contribution in [2.24, 2.45) is 0 Å². The monoisotopic (exact) mass is 399 g/mol. The molecule has 0 fully saturated rings. The van der Waals surface area contributed by atoms with Gasteiger partial charge in [-0.2, -0.15) is 0 Å². The molecule has 2 amide bonds. The lowest BCUT2D eigenvalue weighted by Gasteiger charge is -2.26. The number of aromatic nitrogens is 1. The third-order valence-corrected chi connectivity index (χ3v) is 6.04. The van der Waals surface area contributed by atoms with Gasteiger partial charge in [0.05, 0.1) is 17.8 Å². The van der Waals surface area contributed by atoms with Crippen molar-refractivity contribution >= 4 is 45.3 Å². The van der Waals surface area contributed by atoms with Crippen molar-refractivity contribution in [3.8, 4) is 17.0 Å². The minimum absolute atomic E-state index is 0.0546. The minimum atomic E-state index is -0.0869. The maximum atomic E-state index is 12.2. The van der Waals surface area contributed by atoms with Crippen molar-refractivity contribution in [1.29, 1.82) is 0 Å². The summed E-state index contributed by atoms with van der Waals surface area (Å²) < 4.78 is 5.47. The number of carbonyl (C=O) groups excluding carboxylic acids is 2. The molecule has 6 nitrogen and oxygen atoms in total. The molecule has 0 spiro atoms. The molecule has 0 saturated carbocycles. The van der Waals surface area contributed by atoms with Crippen molar-refractivity contribution in [3.63, 3.8) is 0 Å². The van der Waals surface area contributed by atoms with Crippen molar-refractivity contribution in [3.05, 3.63) is 45.5 Å². The first-order chi connectivity index (χ1) is 13.0. The molecule has 3 heterocycles. The molecule has 3 aromatic rings. The molecule has 1 aliphatic rings. The van der Waals surface area contributed by atoms with E-state index in [0.29, 0.717) is 17.3 Å². The van der Waals surface area contributed by atoms with Gasteiger partial charge in [0.15, 0.2) is 11.7 Å². The Morgan fingerprint density at radius 2 is 2.22 bits per heavy atom. The van der Waals surface area contributed by atoms with Crippen molar-refractivity contribution in [2.45, 2.75) is 13.3 Å². The van der Waals surface area contributed by atoms with Crippen LogP contribution in [0.15, 0.2) is 35.7 Å². The van der Waals surface area contributed by atoms with Crippen LogP contribution in [0, 0.1) is 6.92 Å². The summed E-state index contributed by atoms with van der Waals surface area (Å²) in [5.74, 6) is 0.510. The number of fused-ring (bicyclic) bond motifs is 1. The molecule has 0 atom stereocenters. The number of benzene rings is 1. The van der Waals surface area contributed by atoms with E-state index in [1.54, 1.807) is 23.3 Å². The van der Waals surface area contributed by atoms with Gasteiger partial charge in [0, 0.05) is 22.4 Å². The molecule has 4 rings (SSSR count). The van der Waals surface area contributed by atoms with Crippen LogP contribution in [0.2, 0.25) is 0 Å². The molecule has 0 bridgehead atoms. The second-order valence-electron chi connectivity index (χ2n) is 6.15. The van der Waals surface area contributed by atoms with Crippen molar-refractivity contribution in [1.82, 2.24) is 4.98 Å². The molecule has 27 heavy (non-hydrogen) atoms. The van der Waals surface area contributed by atoms with Crippen LogP contribution in [0.25, 0.3) is 11.3 Å². The molecule has 0 unspecified atom stereocenters. The Bertz CT molecular complexity index is 1010. The number of nitrogens with zero attached hydrogens (tertiary/aromatic N) is 2. The average molecular weight is 399 g/mol. The van der Waals surface area contributed by atoms with Gasteiger partial charge in [-0.05, 0) is 36.6 Å². The Morgan fingerprint density at radius 3 is 3.00 bits per heavy atom. The van der Waals surface area contributed by atoms with Crippen LogP contribution in [-0.2, 0) is 16.0 Å². The molecule has 0 radical (unpaired) electrons. The molecular formula is C19H17N3O3S2. The van der Waals surface area contributed by atoms with Crippen LogP contribution in [0.5, 0.6) is 5.75 Å². The number of aryl methyl sites for hydroxylation is 1. The lowest BCUT2D eigenvalue weighted by Crippen LogP contribution is -2.35. The average Bonchev–Trinajstić information content (AvgIpc) is 3.27. The number of hydrogen-bond donors (Lipinski definition) is 1. The largest absolute Gasteiger partial charge is 0.482 e. The summed E-state index contributed by atoms with van der Waals surface area (Å²) >= 11 is 3.00. The van der Waals surface area contributed by atoms with Gasteiger partial charge in [-0.1, -0.05) is 6.07 Å². The third kappa shape index (κ3) is 3.58. The molecule has 0 saturated heterocycles. The van der Waals surface area contributed by atoms with E-state index < -0.39 is 0 Å². The number of anilines is 2. The van der Waals surface area contributed by atoms with E-state index >= 15 is 0 Å². The molecule has 2 aromatic heterocycles. The standard InChI is InChI=1S/C19H17N3O3S2/c1-11-18(12-5-6-15-14(8-12)22(2)17(24)10-25-15)21-19(27-11)20-16(23)9-13-4-3-7-26-13/h3-8H,9-10H2,1-2H3,(H,20,21,23). The Labute approximate surface area is 164 Å². The number of amides is 2. The zero-order valence-electron chi connectivity index (χ0n) is 14.8. The summed E-state index contributed by atoms with van der Waals surface area (Å²) in [7, 11) is 1.73. The van der Waals surface area contributed by atoms with Crippen LogP contribution >= 0.6 is 22.7 Å². The van der Waals surface area contributed by atoms with Gasteiger partial charge < -0.3 is 15.0 Å². The van der Waals surface area contributed by atoms with E-state index in [9.17, 15) is 9.59 Å². The second-order valence-corrected chi connectivity index (χ2v) is 8.39. The number of rotatable bonds is 4. The predicted octanol–water partition coefficient (Wildman–Crippen LogP) is 3.72. The van der Waals surface area contributed by atoms with Crippen LogP contribution in [-0.4, -0.2) is 30.5 Å². The minimum Gasteiger partial charge on any atom is -0.482 e. The van der Waals surface area contributed by atoms with Gasteiger partial charge in [0.25, 0.3) is 5.91 Å². The molecule has 1 aliphatic heterocycles. The number of likely N-dealkylation sites (N-methyl/N-ethyl adjacent to an activating group) is 1. The number of hydrogen-bond acceptors (Lipinski definition) is 6. The highest BCUT2D eigenvalue weighted by Crippen LogP contribution is 2.37. The number of thiazole rings is 1. The zero-order valence-corrected chi connectivity index (χ0v) is 16.4. The maximum absolute atomic E-state index is 12.2. The first kappa shape index (κ1) is 17.7. The van der Waals surface area contributed by atoms with E-state index in [1.165, 1.54) is 11.3 Å². The maximum Gasteiger partial charge on any atom is 0.264 e. The summed E-state index contributed by atoms with van der Waals surface area (Å²) in [5, 5.41) is 5.40. The first-order valence-electron chi connectivity index (χ1n) is 8.34. The second kappa shape index (κ2) is 7.13. The van der Waals surface area contributed by atoms with Crippen LogP contribution < -0.4 is 15.0 Å². The fourth-order valence-electron chi connectivity index (χ4n) is 2.87. The predicted molar refractivity (Wildman–Crippen MR) is 108 cm³/mol. The fraction of sp³-hybridized carbons (Fsp3) is 0.211. The molecule has 1 N–H and O–H groups in total. The van der Waals surface area contributed by atoms with E-state index in [-0.39, 0.29) is 18.4 Å². The first-order valence-corrected chi connectivity index (χ1v) is 10.0. The highest BCUT2D eigenvalue weighted by molar-refractivity contribution is 7.16. The quantitative estimate of drug-likeness (QED) is 0.726. The molecule has 138 valence electrons. The van der Waals surface area contributed by atoms with Gasteiger partial charge in [-0.3, -0.25) is 9.59 Å². The highest BCUT2D eigenvalue weighted by Gasteiger charge is 2.23. The Morgan fingerprint density at radius 1 is 1.37 bits per heavy atom. The number of carbonyl (C=O) groups is 2. The Hall–Kier alpha value is -2.71. The number of nitrogens with one attached hydrogen (secondary N) is 1. The van der Waals surface area contributed by atoms with Gasteiger partial charge in [-0.15, -0.1) is 22.7 Å². The fourth-order valence-corrected chi connectivity index (χ4v) is 4.43. The summed E-state index contributed by atoms with van der Waals surface area (Å²) in [5.41, 5.74) is 2.39. The number of ether oxygens (including phenoxy) is 1.